The first kappa shape index (κ1) is 11.5. The van der Waals surface area contributed by atoms with E-state index in [0.717, 1.165) is 30.3 Å². The van der Waals surface area contributed by atoms with Gasteiger partial charge in [0.15, 0.2) is 0 Å². The van der Waals surface area contributed by atoms with Gasteiger partial charge in [0, 0.05) is 37.3 Å². The minimum absolute atomic E-state index is 0.419. The van der Waals surface area contributed by atoms with Crippen LogP contribution in [0.2, 0.25) is 0 Å². The average Bonchev–Trinajstić information content (AvgIpc) is 2.58. The molecule has 0 bridgehead atoms. The van der Waals surface area contributed by atoms with E-state index in [1.165, 1.54) is 6.54 Å². The highest BCUT2D eigenvalue weighted by molar-refractivity contribution is 5.90. The van der Waals surface area contributed by atoms with Crippen LogP contribution in [-0.2, 0) is 0 Å². The van der Waals surface area contributed by atoms with E-state index >= 15 is 0 Å². The number of nitrogens with zero attached hydrogens (tertiary/aromatic N) is 2. The van der Waals surface area contributed by atoms with Gasteiger partial charge < -0.3 is 14.9 Å². The number of carboxylic acids is 1. The van der Waals surface area contributed by atoms with E-state index in [-0.39, 0.29) is 0 Å². The predicted molar refractivity (Wildman–Crippen MR) is 70.3 cm³/mol. The van der Waals surface area contributed by atoms with E-state index in [4.69, 9.17) is 5.11 Å². The number of fused-ring (bicyclic) bond motifs is 1. The predicted octanol–water partition coefficient (Wildman–Crippen LogP) is 1.44. The Kier molecular flexibility index (Phi) is 2.55. The Labute approximate surface area is 107 Å². The van der Waals surface area contributed by atoms with Crippen LogP contribution in [0, 0.1) is 12.8 Å². The van der Waals surface area contributed by atoms with Crippen molar-refractivity contribution in [3.63, 3.8) is 0 Å². The summed E-state index contributed by atoms with van der Waals surface area (Å²) in [7, 11) is 2.15. The van der Waals surface area contributed by atoms with E-state index < -0.39 is 5.97 Å². The summed E-state index contributed by atoms with van der Waals surface area (Å²) in [5.74, 6) is -0.0838. The number of benzene rings is 1. The lowest BCUT2D eigenvalue weighted by atomic mass is 9.90. The lowest BCUT2D eigenvalue weighted by Gasteiger charge is -2.45. The van der Waals surface area contributed by atoms with Gasteiger partial charge in [0.1, 0.15) is 0 Å². The zero-order chi connectivity index (χ0) is 12.9. The molecule has 2 atom stereocenters. The van der Waals surface area contributed by atoms with Crippen LogP contribution < -0.4 is 4.90 Å². The number of carbonyl (C=O) groups is 1. The first-order valence-corrected chi connectivity index (χ1v) is 6.35. The highest BCUT2D eigenvalue weighted by atomic mass is 16.4. The van der Waals surface area contributed by atoms with Crippen LogP contribution in [0.5, 0.6) is 0 Å². The van der Waals surface area contributed by atoms with Crippen molar-refractivity contribution in [1.29, 1.82) is 0 Å². The largest absolute Gasteiger partial charge is 0.478 e. The Morgan fingerprint density at radius 1 is 1.33 bits per heavy atom. The molecule has 2 saturated heterocycles. The van der Waals surface area contributed by atoms with Gasteiger partial charge in [0.25, 0.3) is 0 Å². The standard InChI is InChI=1S/C14H18N2O2/c1-9-3-4-11(5-12(9)14(17)18)16-7-10-6-15(2)8-13(10)16/h3-5,10,13H,6-8H2,1-2H3,(H,17,18)/t10-,13-/m0/s1. The molecule has 0 radical (unpaired) electrons. The second kappa shape index (κ2) is 3.99. The third kappa shape index (κ3) is 1.68. The Morgan fingerprint density at radius 2 is 2.11 bits per heavy atom. The summed E-state index contributed by atoms with van der Waals surface area (Å²) in [6.07, 6.45) is 0. The van der Waals surface area contributed by atoms with Crippen LogP contribution in [-0.4, -0.2) is 48.7 Å². The van der Waals surface area contributed by atoms with Gasteiger partial charge in [-0.1, -0.05) is 6.07 Å². The molecule has 2 aliphatic rings. The second-order valence-electron chi connectivity index (χ2n) is 5.51. The van der Waals surface area contributed by atoms with Crippen LogP contribution in [0.4, 0.5) is 5.69 Å². The molecule has 0 aliphatic carbocycles. The van der Waals surface area contributed by atoms with Crippen LogP contribution in [0.3, 0.4) is 0 Å². The molecule has 0 amide bonds. The Hall–Kier alpha value is -1.55. The molecular weight excluding hydrogens is 228 g/mol. The van der Waals surface area contributed by atoms with Gasteiger partial charge >= 0.3 is 5.97 Å². The summed E-state index contributed by atoms with van der Waals surface area (Å²) >= 11 is 0. The summed E-state index contributed by atoms with van der Waals surface area (Å²) in [4.78, 5) is 15.8. The number of rotatable bonds is 2. The molecule has 18 heavy (non-hydrogen) atoms. The SMILES string of the molecule is Cc1ccc(N2C[C@@H]3CN(C)C[C@@H]32)cc1C(=O)O. The van der Waals surface area contributed by atoms with E-state index in [2.05, 4.69) is 16.8 Å². The number of carboxylic acid groups (broad SMARTS) is 1. The third-order valence-electron chi connectivity index (χ3n) is 4.20. The fourth-order valence-corrected chi connectivity index (χ4v) is 3.16. The molecule has 0 unspecified atom stereocenters. The first-order chi connectivity index (χ1) is 8.56. The average molecular weight is 246 g/mol. The zero-order valence-corrected chi connectivity index (χ0v) is 10.8. The molecule has 96 valence electrons. The highest BCUT2D eigenvalue weighted by Gasteiger charge is 2.44. The van der Waals surface area contributed by atoms with Gasteiger partial charge in [0.2, 0.25) is 0 Å². The summed E-state index contributed by atoms with van der Waals surface area (Å²) in [5, 5.41) is 9.17. The number of likely N-dealkylation sites (N-methyl/N-ethyl adjacent to an activating group) is 1. The first-order valence-electron chi connectivity index (χ1n) is 6.35. The Morgan fingerprint density at radius 3 is 2.78 bits per heavy atom. The van der Waals surface area contributed by atoms with E-state index in [9.17, 15) is 4.79 Å². The Bertz CT molecular complexity index is 501. The van der Waals surface area contributed by atoms with E-state index in [1.807, 2.05) is 25.1 Å². The molecule has 0 spiro atoms. The molecule has 1 aromatic rings. The molecule has 4 heteroatoms. The fraction of sp³-hybridized carbons (Fsp3) is 0.500. The van der Waals surface area contributed by atoms with Crippen molar-refractivity contribution in [3.8, 4) is 0 Å². The highest BCUT2D eigenvalue weighted by Crippen LogP contribution is 2.36. The van der Waals surface area contributed by atoms with Gasteiger partial charge in [-0.05, 0) is 31.7 Å². The number of hydrogen-bond donors (Lipinski definition) is 1. The summed E-state index contributed by atoms with van der Waals surface area (Å²) in [5.41, 5.74) is 2.30. The van der Waals surface area contributed by atoms with Crippen molar-refractivity contribution in [2.75, 3.05) is 31.6 Å². The summed E-state index contributed by atoms with van der Waals surface area (Å²) in [6.45, 7) is 5.15. The molecule has 1 N–H and O–H groups in total. The fourth-order valence-electron chi connectivity index (χ4n) is 3.16. The Balaban J connectivity index is 1.86. The molecule has 3 rings (SSSR count). The normalized spacial score (nSPS) is 26.9. The molecular formula is C14H18N2O2. The smallest absolute Gasteiger partial charge is 0.336 e. The van der Waals surface area contributed by atoms with Crippen molar-refractivity contribution >= 4 is 11.7 Å². The number of hydrogen-bond acceptors (Lipinski definition) is 3. The van der Waals surface area contributed by atoms with Crippen LogP contribution in [0.1, 0.15) is 15.9 Å². The van der Waals surface area contributed by atoms with Crippen molar-refractivity contribution in [1.82, 2.24) is 4.90 Å². The summed E-state index contributed by atoms with van der Waals surface area (Å²) in [6, 6.07) is 6.33. The second-order valence-corrected chi connectivity index (χ2v) is 5.51. The molecule has 2 fully saturated rings. The maximum atomic E-state index is 11.2. The lowest BCUT2D eigenvalue weighted by Crippen LogP contribution is -2.55. The number of likely N-dealkylation sites (tertiary alicyclic amines) is 1. The molecule has 0 saturated carbocycles. The lowest BCUT2D eigenvalue weighted by molar-refractivity contribution is 0.0696. The monoisotopic (exact) mass is 246 g/mol. The van der Waals surface area contributed by atoms with E-state index in [1.54, 1.807) is 0 Å². The summed E-state index contributed by atoms with van der Waals surface area (Å²) < 4.78 is 0. The molecule has 1 aromatic carbocycles. The maximum absolute atomic E-state index is 11.2. The van der Waals surface area contributed by atoms with Crippen LogP contribution in [0.15, 0.2) is 18.2 Å². The third-order valence-corrected chi connectivity index (χ3v) is 4.20. The van der Waals surface area contributed by atoms with Gasteiger partial charge in [-0.15, -0.1) is 0 Å². The number of anilines is 1. The zero-order valence-electron chi connectivity index (χ0n) is 10.8. The minimum atomic E-state index is -0.838. The topological polar surface area (TPSA) is 43.8 Å². The quantitative estimate of drug-likeness (QED) is 0.857. The van der Waals surface area contributed by atoms with Crippen LogP contribution >= 0.6 is 0 Å². The van der Waals surface area contributed by atoms with Crippen LogP contribution in [0.25, 0.3) is 0 Å². The molecule has 2 aliphatic heterocycles. The maximum Gasteiger partial charge on any atom is 0.336 e. The molecule has 0 aromatic heterocycles. The van der Waals surface area contributed by atoms with Crippen molar-refractivity contribution in [2.45, 2.75) is 13.0 Å². The van der Waals surface area contributed by atoms with Gasteiger partial charge in [-0.25, -0.2) is 4.79 Å². The number of aromatic carboxylic acids is 1. The number of aryl methyl sites for hydroxylation is 1. The molecule has 4 nitrogen and oxygen atoms in total. The minimum Gasteiger partial charge on any atom is -0.478 e. The van der Waals surface area contributed by atoms with E-state index in [0.29, 0.717) is 11.6 Å². The van der Waals surface area contributed by atoms with Crippen molar-refractivity contribution in [3.05, 3.63) is 29.3 Å². The van der Waals surface area contributed by atoms with Gasteiger partial charge in [-0.2, -0.15) is 0 Å². The van der Waals surface area contributed by atoms with Crippen molar-refractivity contribution < 1.29 is 9.90 Å². The van der Waals surface area contributed by atoms with Gasteiger partial charge in [0.05, 0.1) is 5.56 Å². The molecule has 2 heterocycles. The van der Waals surface area contributed by atoms with Crippen molar-refractivity contribution in [2.24, 2.45) is 5.92 Å². The van der Waals surface area contributed by atoms with Gasteiger partial charge in [-0.3, -0.25) is 0 Å².